The molecule has 0 heterocycles. The van der Waals surface area contributed by atoms with Gasteiger partial charge in [0, 0.05) is 56.8 Å². The highest BCUT2D eigenvalue weighted by Gasteiger charge is 2.28. The Morgan fingerprint density at radius 3 is 1.49 bits per heavy atom. The number of Topliss-reactive ketones (excluding diaryl/α,β-unsaturated/α-hetero) is 2. The number of fused-ring (bicyclic) bond motifs is 1. The first kappa shape index (κ1) is 55.9. The van der Waals surface area contributed by atoms with Crippen LogP contribution in [0.1, 0.15) is 152 Å². The van der Waals surface area contributed by atoms with E-state index in [0.29, 0.717) is 51.8 Å². The molecule has 67 heavy (non-hydrogen) atoms. The topological polar surface area (TPSA) is 212 Å². The molecule has 3 aromatic carbocycles. The molecule has 0 fully saturated rings. The first-order chi connectivity index (χ1) is 32.0. The van der Waals surface area contributed by atoms with E-state index in [1.807, 2.05) is 12.1 Å². The Hall–Kier alpha value is -5.46. The van der Waals surface area contributed by atoms with Crippen LogP contribution in [-0.2, 0) is 0 Å². The van der Waals surface area contributed by atoms with Crippen molar-refractivity contribution in [1.82, 2.24) is 0 Å². The van der Waals surface area contributed by atoms with Gasteiger partial charge in [0.2, 0.25) is 23.8 Å². The molecular formula is C53H76Cl2N10O2. The van der Waals surface area contributed by atoms with Crippen molar-refractivity contribution in [2.24, 2.45) is 60.7 Å². The molecular weight excluding hydrogens is 880 g/mol. The zero-order chi connectivity index (χ0) is 49.1. The quantitative estimate of drug-likeness (QED) is 0.0232. The van der Waals surface area contributed by atoms with E-state index in [4.69, 9.17) is 46.1 Å². The molecule has 1 aliphatic carbocycles. The predicted octanol–water partition coefficient (Wildman–Crippen LogP) is 12.5. The van der Waals surface area contributed by atoms with Crippen LogP contribution >= 0.6 is 23.2 Å². The molecule has 364 valence electrons. The summed E-state index contributed by atoms with van der Waals surface area (Å²) in [6.07, 6.45) is 18.1. The second-order valence-corrected chi connectivity index (χ2v) is 18.9. The Kier molecular flexibility index (Phi) is 25.6. The molecule has 1 aliphatic rings. The highest BCUT2D eigenvalue weighted by Crippen LogP contribution is 2.29. The van der Waals surface area contributed by atoms with E-state index < -0.39 is 0 Å². The fourth-order valence-electron chi connectivity index (χ4n) is 7.58. The molecule has 0 saturated heterocycles. The standard InChI is InChI=1S/C31H46O2.C22H30Cl2N10/c1-22(2)12-9-13-23(3)14-10-15-24(4)16-11-17-25(5)20-21-27-26(6)30(32)28-18-7-8-19-29(28)31(27)33;23-15-5-9-17(10-6-15)31-21(27)33-19(25)29-13-3-1-2-4-14-30-20(26)34-22(28)32-18-11-7-16(24)8-12-18/h7-8,18-20,22-24H,9-17,21H2,1-6H3;5-12H,1-4,13-14H2,(H5,25,27,29,31,33)(H5,26,28,30,32,34). The first-order valence-electron chi connectivity index (χ1n) is 23.9. The van der Waals surface area contributed by atoms with Gasteiger partial charge in [-0.15, -0.1) is 0 Å². The second kappa shape index (κ2) is 30.8. The molecule has 2 unspecified atom stereocenters. The number of nitrogens with one attached hydrogen (secondary N) is 2. The third-order valence-electron chi connectivity index (χ3n) is 11.6. The van der Waals surface area contributed by atoms with Crippen LogP contribution in [0.25, 0.3) is 0 Å². The number of halogens is 2. The molecule has 0 aromatic heterocycles. The van der Waals surface area contributed by atoms with Crippen LogP contribution in [0.4, 0.5) is 11.4 Å². The van der Waals surface area contributed by atoms with Crippen LogP contribution < -0.4 is 33.6 Å². The van der Waals surface area contributed by atoms with E-state index in [2.05, 4.69) is 71.3 Å². The Bertz CT molecular complexity index is 2110. The number of hydrogen-bond donors (Lipinski definition) is 6. The molecule has 0 bridgehead atoms. The van der Waals surface area contributed by atoms with E-state index in [1.54, 1.807) is 67.6 Å². The second-order valence-electron chi connectivity index (χ2n) is 18.1. The Labute approximate surface area is 410 Å². The van der Waals surface area contributed by atoms with Gasteiger partial charge in [-0.3, -0.25) is 19.6 Å². The van der Waals surface area contributed by atoms with Crippen molar-refractivity contribution in [3.05, 3.63) is 117 Å². The summed E-state index contributed by atoms with van der Waals surface area (Å²) in [5.74, 6) is 3.04. The lowest BCUT2D eigenvalue weighted by atomic mass is 9.83. The molecule has 12 nitrogen and oxygen atoms in total. The van der Waals surface area contributed by atoms with Crippen LogP contribution in [0.15, 0.2) is 116 Å². The number of nitrogens with zero attached hydrogens (tertiary/aromatic N) is 4. The van der Waals surface area contributed by atoms with Crippen molar-refractivity contribution in [1.29, 1.82) is 0 Å². The lowest BCUT2D eigenvalue weighted by molar-refractivity contribution is 0.0973. The van der Waals surface area contributed by atoms with Crippen molar-refractivity contribution in [3.63, 3.8) is 0 Å². The fraction of sp³-hybridized carbons (Fsp3) is 0.472. The third-order valence-corrected chi connectivity index (χ3v) is 12.1. The Balaban J connectivity index is 0.000000355. The normalized spacial score (nSPS) is 14.7. The molecule has 14 heteroatoms. The van der Waals surface area contributed by atoms with E-state index >= 15 is 0 Å². The molecule has 0 aliphatic heterocycles. The maximum atomic E-state index is 12.9. The SMILES string of the molecule is CC(=CCC1=C(C)C(=O)c2ccccc2C1=O)CCCC(C)CCCC(C)CCCC(C)C.NC(=NCCCCCCN=C(N)N=C(N)Nc1ccc(Cl)cc1)N=C(N)Nc1ccc(Cl)cc1. The van der Waals surface area contributed by atoms with Gasteiger partial charge in [0.1, 0.15) is 0 Å². The molecule has 4 rings (SSSR count). The summed E-state index contributed by atoms with van der Waals surface area (Å²) in [6.45, 7) is 14.5. The summed E-state index contributed by atoms with van der Waals surface area (Å²) in [4.78, 5) is 42.0. The fourth-order valence-corrected chi connectivity index (χ4v) is 7.83. The minimum atomic E-state index is -0.00526. The Morgan fingerprint density at radius 1 is 0.597 bits per heavy atom. The minimum absolute atomic E-state index is 0.00526. The van der Waals surface area contributed by atoms with Crippen molar-refractivity contribution in [3.8, 4) is 0 Å². The van der Waals surface area contributed by atoms with Crippen molar-refractivity contribution >= 4 is 70.0 Å². The predicted molar refractivity (Wildman–Crippen MR) is 286 cm³/mol. The molecule has 0 radical (unpaired) electrons. The zero-order valence-electron chi connectivity index (χ0n) is 40.7. The van der Waals surface area contributed by atoms with Gasteiger partial charge in [-0.1, -0.05) is 145 Å². The van der Waals surface area contributed by atoms with Crippen molar-refractivity contribution in [2.45, 2.75) is 131 Å². The minimum Gasteiger partial charge on any atom is -0.369 e. The zero-order valence-corrected chi connectivity index (χ0v) is 42.2. The molecule has 10 N–H and O–H groups in total. The summed E-state index contributed by atoms with van der Waals surface area (Å²) in [7, 11) is 0. The third kappa shape index (κ3) is 22.7. The smallest absolute Gasteiger partial charge is 0.218 e. The first-order valence-corrected chi connectivity index (χ1v) is 24.6. The highest BCUT2D eigenvalue weighted by molar-refractivity contribution is 6.31. The summed E-state index contributed by atoms with van der Waals surface area (Å²) in [5, 5.41) is 7.11. The summed E-state index contributed by atoms with van der Waals surface area (Å²) < 4.78 is 0. The van der Waals surface area contributed by atoms with E-state index in [9.17, 15) is 9.59 Å². The summed E-state index contributed by atoms with van der Waals surface area (Å²) in [5.41, 5.74) is 28.4. The summed E-state index contributed by atoms with van der Waals surface area (Å²) >= 11 is 11.7. The molecule has 0 saturated carbocycles. The van der Waals surface area contributed by atoms with Gasteiger partial charge < -0.3 is 33.6 Å². The van der Waals surface area contributed by atoms with Crippen molar-refractivity contribution < 1.29 is 9.59 Å². The number of benzene rings is 3. The van der Waals surface area contributed by atoms with Crippen LogP contribution in [-0.4, -0.2) is 48.5 Å². The average molecular weight is 956 g/mol. The molecule has 2 atom stereocenters. The number of carbonyl (C=O) groups is 2. The number of nitrogens with two attached hydrogens (primary N) is 4. The van der Waals surface area contributed by atoms with Crippen molar-refractivity contribution in [2.75, 3.05) is 23.7 Å². The van der Waals surface area contributed by atoms with Gasteiger partial charge >= 0.3 is 0 Å². The Morgan fingerprint density at radius 2 is 1.03 bits per heavy atom. The number of rotatable bonds is 23. The average Bonchev–Trinajstić information content (AvgIpc) is 3.28. The number of allylic oxidation sites excluding steroid dienone is 4. The number of hydrogen-bond acceptors (Lipinski definition) is 4. The highest BCUT2D eigenvalue weighted by atomic mass is 35.5. The number of ketones is 2. The maximum absolute atomic E-state index is 12.9. The lowest BCUT2D eigenvalue weighted by Gasteiger charge is -2.18. The number of aliphatic imine (C=N–C) groups is 4. The molecule has 3 aromatic rings. The number of guanidine groups is 4. The van der Waals surface area contributed by atoms with Gasteiger partial charge in [0.25, 0.3) is 0 Å². The number of unbranched alkanes of at least 4 members (excludes halogenated alkanes) is 3. The van der Waals surface area contributed by atoms with Crippen LogP contribution in [0.5, 0.6) is 0 Å². The molecule has 0 spiro atoms. The monoisotopic (exact) mass is 955 g/mol. The number of anilines is 2. The van der Waals surface area contributed by atoms with Crippen LogP contribution in [0, 0.1) is 17.8 Å². The van der Waals surface area contributed by atoms with Gasteiger partial charge in [-0.05, 0) is 112 Å². The van der Waals surface area contributed by atoms with Gasteiger partial charge in [-0.25, -0.2) is 0 Å². The summed E-state index contributed by atoms with van der Waals surface area (Å²) in [6, 6.07) is 21.3. The van der Waals surface area contributed by atoms with Gasteiger partial charge in [0.15, 0.2) is 11.6 Å². The molecule has 0 amide bonds. The maximum Gasteiger partial charge on any atom is 0.218 e. The van der Waals surface area contributed by atoms with E-state index in [-0.39, 0.29) is 35.4 Å². The van der Waals surface area contributed by atoms with E-state index in [1.165, 1.54) is 56.9 Å². The van der Waals surface area contributed by atoms with Gasteiger partial charge in [0.05, 0.1) is 0 Å². The largest absolute Gasteiger partial charge is 0.369 e. The van der Waals surface area contributed by atoms with E-state index in [0.717, 1.165) is 61.2 Å². The van der Waals surface area contributed by atoms with Gasteiger partial charge in [-0.2, -0.15) is 9.98 Å². The van der Waals surface area contributed by atoms with Crippen LogP contribution in [0.3, 0.4) is 0 Å². The number of carbonyl (C=O) groups excluding carboxylic acids is 2. The lowest BCUT2D eigenvalue weighted by Crippen LogP contribution is -2.26. The van der Waals surface area contributed by atoms with Crippen LogP contribution in [0.2, 0.25) is 10.0 Å².